The van der Waals surface area contributed by atoms with E-state index in [1.54, 1.807) is 0 Å². The van der Waals surface area contributed by atoms with E-state index < -0.39 is 18.1 Å². The number of rotatable bonds is 1. The Morgan fingerprint density at radius 2 is 2.07 bits per heavy atom. The summed E-state index contributed by atoms with van der Waals surface area (Å²) in [6.45, 7) is 3.66. The normalized spacial score (nSPS) is 25.9. The lowest BCUT2D eigenvalue weighted by Crippen LogP contribution is -2.54. The van der Waals surface area contributed by atoms with E-state index in [2.05, 4.69) is 4.72 Å². The summed E-state index contributed by atoms with van der Waals surface area (Å²) in [6.07, 6.45) is -0.993. The van der Waals surface area contributed by atoms with E-state index in [1.807, 2.05) is 13.8 Å². The van der Waals surface area contributed by atoms with Gasteiger partial charge in [0.1, 0.15) is 6.04 Å². The van der Waals surface area contributed by atoms with Crippen molar-refractivity contribution in [1.82, 2.24) is 9.03 Å². The van der Waals surface area contributed by atoms with Gasteiger partial charge in [0.05, 0.1) is 0 Å². The Kier molecular flexibility index (Phi) is 2.91. The maximum absolute atomic E-state index is 10.8. The van der Waals surface area contributed by atoms with Crippen LogP contribution in [0, 0.1) is 0 Å². The maximum atomic E-state index is 10.8. The molecule has 1 aliphatic rings. The van der Waals surface area contributed by atoms with Gasteiger partial charge in [-0.3, -0.25) is 0 Å². The summed E-state index contributed by atoms with van der Waals surface area (Å²) in [5.74, 6) is -1.12. The van der Waals surface area contributed by atoms with E-state index in [1.165, 1.54) is 0 Å². The van der Waals surface area contributed by atoms with E-state index >= 15 is 0 Å². The Bertz CT molecular complexity index is 268. The summed E-state index contributed by atoms with van der Waals surface area (Å²) >= 11 is 0.818. The van der Waals surface area contributed by atoms with Gasteiger partial charge in [0, 0.05) is 17.7 Å². The predicted octanol–water partition coefficient (Wildman–Crippen LogP) is 0.755. The largest absolute Gasteiger partial charge is 0.480 e. The van der Waals surface area contributed by atoms with Crippen molar-refractivity contribution in [3.05, 3.63) is 0 Å². The first-order valence-electron chi connectivity index (χ1n) is 4.02. The first kappa shape index (κ1) is 11.1. The smallest absolute Gasteiger partial charge is 0.419 e. The molecule has 1 heterocycles. The number of carboxylic acids is 1. The van der Waals surface area contributed by atoms with Crippen molar-refractivity contribution in [2.45, 2.75) is 31.8 Å². The van der Waals surface area contributed by atoms with Gasteiger partial charge in [-0.2, -0.15) is 0 Å². The zero-order chi connectivity index (χ0) is 10.9. The summed E-state index contributed by atoms with van der Waals surface area (Å²) < 4.78 is 3.69. The second-order valence-corrected chi connectivity index (χ2v) is 4.52. The molecule has 80 valence electrons. The van der Waals surface area contributed by atoms with Gasteiger partial charge in [-0.1, -0.05) is 0 Å². The summed E-state index contributed by atoms with van der Waals surface area (Å²) in [4.78, 5) is 21.5. The first-order valence-corrected chi connectivity index (χ1v) is 4.80. The van der Waals surface area contributed by atoms with Crippen molar-refractivity contribution < 1.29 is 19.8 Å². The fourth-order valence-electron chi connectivity index (χ4n) is 1.20. The van der Waals surface area contributed by atoms with Crippen molar-refractivity contribution in [1.29, 1.82) is 0 Å². The number of nitrogens with zero attached hydrogens (tertiary/aromatic N) is 1. The molecule has 7 heteroatoms. The van der Waals surface area contributed by atoms with Gasteiger partial charge in [0.25, 0.3) is 0 Å². The third-order valence-electron chi connectivity index (χ3n) is 1.88. The molecule has 1 saturated heterocycles. The van der Waals surface area contributed by atoms with Crippen molar-refractivity contribution in [2.24, 2.45) is 0 Å². The number of carboxylic acid groups (broad SMARTS) is 2. The molecule has 0 bridgehead atoms. The molecule has 3 N–H and O–H groups in total. The second kappa shape index (κ2) is 3.66. The van der Waals surface area contributed by atoms with Gasteiger partial charge in [-0.25, -0.2) is 18.6 Å². The summed E-state index contributed by atoms with van der Waals surface area (Å²) in [7, 11) is 0. The minimum absolute atomic E-state index is 0.252. The van der Waals surface area contributed by atoms with Crippen LogP contribution < -0.4 is 4.72 Å². The number of nitrogens with one attached hydrogen (secondary N) is 1. The van der Waals surface area contributed by atoms with Crippen LogP contribution in [-0.4, -0.2) is 38.2 Å². The van der Waals surface area contributed by atoms with Crippen LogP contribution in [0.15, 0.2) is 0 Å². The van der Waals surface area contributed by atoms with E-state index in [0.29, 0.717) is 0 Å². The maximum Gasteiger partial charge on any atom is 0.419 e. The third-order valence-corrected chi connectivity index (χ3v) is 3.13. The molecule has 0 aliphatic carbocycles. The fourth-order valence-corrected chi connectivity index (χ4v) is 2.00. The number of amides is 1. The van der Waals surface area contributed by atoms with Crippen LogP contribution >= 0.6 is 12.1 Å². The van der Waals surface area contributed by atoms with Gasteiger partial charge >= 0.3 is 12.1 Å². The minimum Gasteiger partial charge on any atom is -0.480 e. The molecule has 1 amide bonds. The Labute approximate surface area is 85.5 Å². The lowest BCUT2D eigenvalue weighted by atomic mass is 9.96. The van der Waals surface area contributed by atoms with Gasteiger partial charge in [-0.05, 0) is 20.3 Å². The monoisotopic (exact) mass is 220 g/mol. The zero-order valence-electron chi connectivity index (χ0n) is 7.85. The summed E-state index contributed by atoms with van der Waals surface area (Å²) in [6, 6.07) is -0.992. The topological polar surface area (TPSA) is 89.9 Å². The van der Waals surface area contributed by atoms with Gasteiger partial charge in [-0.15, -0.1) is 0 Å². The summed E-state index contributed by atoms with van der Waals surface area (Å²) in [5, 5.41) is 17.6. The molecule has 0 radical (unpaired) electrons. The van der Waals surface area contributed by atoms with Crippen molar-refractivity contribution in [2.75, 3.05) is 0 Å². The van der Waals surface area contributed by atoms with Crippen molar-refractivity contribution >= 4 is 24.2 Å². The van der Waals surface area contributed by atoms with Crippen LogP contribution in [0.3, 0.4) is 0 Å². The molecular weight excluding hydrogens is 208 g/mol. The molecular formula is C7H12N2O4S. The number of aliphatic carboxylic acids is 1. The van der Waals surface area contributed by atoms with E-state index in [9.17, 15) is 9.59 Å². The SMILES string of the molecule is CC1(C)C[C@@H](C(=O)O)N(C(=O)O)SN1. The number of hydrogen-bond donors (Lipinski definition) is 3. The summed E-state index contributed by atoms with van der Waals surface area (Å²) in [5.41, 5.74) is -0.375. The lowest BCUT2D eigenvalue weighted by molar-refractivity contribution is -0.141. The van der Waals surface area contributed by atoms with Crippen LogP contribution in [0.2, 0.25) is 0 Å². The van der Waals surface area contributed by atoms with Crippen molar-refractivity contribution in [3.8, 4) is 0 Å². The Morgan fingerprint density at radius 1 is 1.50 bits per heavy atom. The Balaban J connectivity index is 2.81. The Morgan fingerprint density at radius 3 is 2.50 bits per heavy atom. The minimum atomic E-state index is -1.24. The highest BCUT2D eigenvalue weighted by atomic mass is 32.2. The zero-order valence-corrected chi connectivity index (χ0v) is 8.67. The molecule has 0 saturated carbocycles. The fraction of sp³-hybridized carbons (Fsp3) is 0.714. The predicted molar refractivity (Wildman–Crippen MR) is 50.7 cm³/mol. The second-order valence-electron chi connectivity index (χ2n) is 3.74. The van der Waals surface area contributed by atoms with Gasteiger partial charge in [0.2, 0.25) is 0 Å². The molecule has 0 aromatic rings. The number of carbonyl (C=O) groups is 2. The average Bonchev–Trinajstić information content (AvgIpc) is 2.01. The molecule has 0 spiro atoms. The Hall–Kier alpha value is -0.950. The van der Waals surface area contributed by atoms with Crippen LogP contribution in [0.5, 0.6) is 0 Å². The lowest BCUT2D eigenvalue weighted by Gasteiger charge is -2.39. The molecule has 1 aliphatic heterocycles. The first-order chi connectivity index (χ1) is 6.33. The quantitative estimate of drug-likeness (QED) is 0.565. The molecule has 0 unspecified atom stereocenters. The van der Waals surface area contributed by atoms with Gasteiger partial charge in [0.15, 0.2) is 0 Å². The molecule has 1 rings (SSSR count). The molecule has 1 atom stereocenters. The molecule has 0 aromatic carbocycles. The standard InChI is InChI=1S/C7H12N2O4S/c1-7(2)3-4(5(10)11)9(6(12)13)14-8-7/h4,8H,3H2,1-2H3,(H,10,11)(H,12,13)/t4-/m0/s1. The third kappa shape index (κ3) is 2.30. The van der Waals surface area contributed by atoms with E-state index in [4.69, 9.17) is 10.2 Å². The van der Waals surface area contributed by atoms with Gasteiger partial charge < -0.3 is 10.2 Å². The molecule has 14 heavy (non-hydrogen) atoms. The van der Waals surface area contributed by atoms with Crippen molar-refractivity contribution in [3.63, 3.8) is 0 Å². The highest BCUT2D eigenvalue weighted by Gasteiger charge is 2.40. The molecule has 1 fully saturated rings. The number of hydrogen-bond acceptors (Lipinski definition) is 4. The van der Waals surface area contributed by atoms with Crippen LogP contribution in [0.4, 0.5) is 4.79 Å². The molecule has 0 aromatic heterocycles. The van der Waals surface area contributed by atoms with Crippen LogP contribution in [0.25, 0.3) is 0 Å². The van der Waals surface area contributed by atoms with Crippen LogP contribution in [0.1, 0.15) is 20.3 Å². The van der Waals surface area contributed by atoms with E-state index in [-0.39, 0.29) is 12.0 Å². The highest BCUT2D eigenvalue weighted by Crippen LogP contribution is 2.29. The van der Waals surface area contributed by atoms with Crippen LogP contribution in [-0.2, 0) is 4.79 Å². The molecule has 6 nitrogen and oxygen atoms in total. The van der Waals surface area contributed by atoms with E-state index in [0.717, 1.165) is 16.4 Å². The average molecular weight is 220 g/mol. The highest BCUT2D eigenvalue weighted by molar-refractivity contribution is 7.95.